The molecule has 4 nitrogen and oxygen atoms in total. The highest BCUT2D eigenvalue weighted by Crippen LogP contribution is 2.18. The number of hydrogen-bond acceptors (Lipinski definition) is 3. The quantitative estimate of drug-likeness (QED) is 0.704. The maximum atomic E-state index is 11.8. The number of benzene rings is 1. The molecule has 0 aromatic heterocycles. The van der Waals surface area contributed by atoms with Gasteiger partial charge in [0.1, 0.15) is 0 Å². The molecule has 4 N–H and O–H groups in total. The van der Waals surface area contributed by atoms with Gasteiger partial charge in [-0.2, -0.15) is 0 Å². The Bertz CT molecular complexity index is 395. The van der Waals surface area contributed by atoms with Crippen LogP contribution in [-0.2, 0) is 11.2 Å². The molecule has 0 unspecified atom stereocenters. The van der Waals surface area contributed by atoms with Crippen molar-refractivity contribution in [2.75, 3.05) is 5.73 Å². The number of nitrogens with two attached hydrogens (primary N) is 1. The fourth-order valence-corrected chi connectivity index (χ4v) is 2.32. The Morgan fingerprint density at radius 2 is 1.83 bits per heavy atom. The van der Waals surface area contributed by atoms with Gasteiger partial charge in [-0.05, 0) is 43.4 Å². The molecule has 0 radical (unpaired) electrons. The molecule has 4 heteroatoms. The SMILES string of the molecule is Nc1ccc(CC(=O)NC2CCC(O)CC2)cc1. The van der Waals surface area contributed by atoms with Gasteiger partial charge in [-0.1, -0.05) is 12.1 Å². The topological polar surface area (TPSA) is 75.4 Å². The van der Waals surface area contributed by atoms with Crippen LogP contribution in [0.4, 0.5) is 5.69 Å². The minimum absolute atomic E-state index is 0.0427. The van der Waals surface area contributed by atoms with E-state index in [-0.39, 0.29) is 18.1 Å². The Kier molecular flexibility index (Phi) is 4.20. The third-order valence-corrected chi connectivity index (χ3v) is 3.41. The van der Waals surface area contributed by atoms with Gasteiger partial charge < -0.3 is 16.2 Å². The van der Waals surface area contributed by atoms with Gasteiger partial charge in [0, 0.05) is 11.7 Å². The van der Waals surface area contributed by atoms with E-state index in [0.29, 0.717) is 12.1 Å². The number of nitrogen functional groups attached to an aromatic ring is 1. The lowest BCUT2D eigenvalue weighted by molar-refractivity contribution is -0.121. The van der Waals surface area contributed by atoms with E-state index >= 15 is 0 Å². The van der Waals surface area contributed by atoms with Crippen molar-refractivity contribution in [2.45, 2.75) is 44.2 Å². The number of aliphatic hydroxyl groups excluding tert-OH is 1. The Morgan fingerprint density at radius 3 is 2.44 bits per heavy atom. The maximum absolute atomic E-state index is 11.8. The first-order valence-electron chi connectivity index (χ1n) is 6.45. The van der Waals surface area contributed by atoms with Crippen molar-refractivity contribution in [3.8, 4) is 0 Å². The van der Waals surface area contributed by atoms with Crippen LogP contribution in [0.3, 0.4) is 0 Å². The van der Waals surface area contributed by atoms with E-state index in [4.69, 9.17) is 5.73 Å². The number of hydrogen-bond donors (Lipinski definition) is 3. The standard InChI is InChI=1S/C14H20N2O2/c15-11-3-1-10(2-4-11)9-14(18)16-12-5-7-13(17)8-6-12/h1-4,12-13,17H,5-9,15H2,(H,16,18). The van der Waals surface area contributed by atoms with Gasteiger partial charge in [-0.25, -0.2) is 0 Å². The van der Waals surface area contributed by atoms with Gasteiger partial charge >= 0.3 is 0 Å². The first-order valence-corrected chi connectivity index (χ1v) is 6.45. The molecule has 0 heterocycles. The second-order valence-corrected chi connectivity index (χ2v) is 4.99. The van der Waals surface area contributed by atoms with E-state index in [1.54, 1.807) is 12.1 Å². The fourth-order valence-electron chi connectivity index (χ4n) is 2.32. The Labute approximate surface area is 107 Å². The summed E-state index contributed by atoms with van der Waals surface area (Å²) < 4.78 is 0. The zero-order valence-corrected chi connectivity index (χ0v) is 10.4. The first kappa shape index (κ1) is 12.9. The largest absolute Gasteiger partial charge is 0.399 e. The minimum Gasteiger partial charge on any atom is -0.399 e. The highest BCUT2D eigenvalue weighted by atomic mass is 16.3. The fraction of sp³-hybridized carbons (Fsp3) is 0.500. The van der Waals surface area contributed by atoms with Gasteiger partial charge in [0.2, 0.25) is 5.91 Å². The first-order chi connectivity index (χ1) is 8.63. The molecule has 1 aromatic rings. The van der Waals surface area contributed by atoms with Crippen LogP contribution in [0.25, 0.3) is 0 Å². The number of aliphatic hydroxyl groups is 1. The average molecular weight is 248 g/mol. The molecule has 2 rings (SSSR count). The molecule has 1 aliphatic carbocycles. The number of nitrogens with one attached hydrogen (secondary N) is 1. The van der Waals surface area contributed by atoms with Gasteiger partial charge in [0.25, 0.3) is 0 Å². The lowest BCUT2D eigenvalue weighted by Crippen LogP contribution is -2.39. The number of anilines is 1. The van der Waals surface area contributed by atoms with Crippen molar-refractivity contribution >= 4 is 11.6 Å². The summed E-state index contributed by atoms with van der Waals surface area (Å²) >= 11 is 0. The van der Waals surface area contributed by atoms with Crippen molar-refractivity contribution < 1.29 is 9.90 Å². The molecule has 0 saturated heterocycles. The Morgan fingerprint density at radius 1 is 1.22 bits per heavy atom. The van der Waals surface area contributed by atoms with Crippen molar-refractivity contribution in [2.24, 2.45) is 0 Å². The summed E-state index contributed by atoms with van der Waals surface area (Å²) in [5, 5.41) is 12.4. The van der Waals surface area contributed by atoms with E-state index in [2.05, 4.69) is 5.32 Å². The lowest BCUT2D eigenvalue weighted by atomic mass is 9.93. The van der Waals surface area contributed by atoms with Crippen molar-refractivity contribution in [1.29, 1.82) is 0 Å². The minimum atomic E-state index is -0.185. The predicted molar refractivity (Wildman–Crippen MR) is 71.0 cm³/mol. The summed E-state index contributed by atoms with van der Waals surface area (Å²) in [6.45, 7) is 0. The molecule has 0 bridgehead atoms. The van der Waals surface area contributed by atoms with Crippen LogP contribution in [0.2, 0.25) is 0 Å². The highest BCUT2D eigenvalue weighted by Gasteiger charge is 2.20. The second-order valence-electron chi connectivity index (χ2n) is 4.99. The van der Waals surface area contributed by atoms with E-state index in [9.17, 15) is 9.90 Å². The summed E-state index contributed by atoms with van der Waals surface area (Å²) in [7, 11) is 0. The maximum Gasteiger partial charge on any atom is 0.224 e. The molecule has 1 fully saturated rings. The number of amides is 1. The molecule has 0 atom stereocenters. The number of carbonyl (C=O) groups excluding carboxylic acids is 1. The van der Waals surface area contributed by atoms with E-state index < -0.39 is 0 Å². The zero-order valence-electron chi connectivity index (χ0n) is 10.4. The van der Waals surface area contributed by atoms with Crippen LogP contribution in [0.15, 0.2) is 24.3 Å². The third-order valence-electron chi connectivity index (χ3n) is 3.41. The van der Waals surface area contributed by atoms with Gasteiger partial charge in [-0.15, -0.1) is 0 Å². The highest BCUT2D eigenvalue weighted by molar-refractivity contribution is 5.79. The average Bonchev–Trinajstić information content (AvgIpc) is 2.35. The van der Waals surface area contributed by atoms with E-state index in [0.717, 1.165) is 31.2 Å². The summed E-state index contributed by atoms with van der Waals surface area (Å²) in [6.07, 6.45) is 3.51. The van der Waals surface area contributed by atoms with Crippen LogP contribution >= 0.6 is 0 Å². The molecule has 98 valence electrons. The molecule has 1 aliphatic rings. The van der Waals surface area contributed by atoms with Crippen LogP contribution in [-0.4, -0.2) is 23.2 Å². The van der Waals surface area contributed by atoms with Crippen molar-refractivity contribution in [3.63, 3.8) is 0 Å². The molecule has 18 heavy (non-hydrogen) atoms. The van der Waals surface area contributed by atoms with Gasteiger partial charge in [0.15, 0.2) is 0 Å². The van der Waals surface area contributed by atoms with E-state index in [1.165, 1.54) is 0 Å². The predicted octanol–water partition coefficient (Wildman–Crippen LogP) is 1.23. The smallest absolute Gasteiger partial charge is 0.224 e. The van der Waals surface area contributed by atoms with Gasteiger partial charge in [0.05, 0.1) is 12.5 Å². The van der Waals surface area contributed by atoms with Crippen LogP contribution in [0.1, 0.15) is 31.2 Å². The number of rotatable bonds is 3. The van der Waals surface area contributed by atoms with Crippen LogP contribution < -0.4 is 11.1 Å². The normalized spacial score (nSPS) is 23.6. The van der Waals surface area contributed by atoms with E-state index in [1.807, 2.05) is 12.1 Å². The Balaban J connectivity index is 1.80. The summed E-state index contributed by atoms with van der Waals surface area (Å²) in [6, 6.07) is 7.58. The van der Waals surface area contributed by atoms with Crippen molar-refractivity contribution in [1.82, 2.24) is 5.32 Å². The second kappa shape index (κ2) is 5.87. The van der Waals surface area contributed by atoms with Gasteiger partial charge in [-0.3, -0.25) is 4.79 Å². The van der Waals surface area contributed by atoms with Crippen LogP contribution in [0.5, 0.6) is 0 Å². The summed E-state index contributed by atoms with van der Waals surface area (Å²) in [5.41, 5.74) is 7.27. The third kappa shape index (κ3) is 3.74. The molecule has 0 aliphatic heterocycles. The summed E-state index contributed by atoms with van der Waals surface area (Å²) in [5.74, 6) is 0.0427. The molecular weight excluding hydrogens is 228 g/mol. The zero-order chi connectivity index (χ0) is 13.0. The molecule has 0 spiro atoms. The summed E-state index contributed by atoms with van der Waals surface area (Å²) in [4.78, 5) is 11.8. The van der Waals surface area contributed by atoms with Crippen LogP contribution in [0, 0.1) is 0 Å². The molecule has 1 aromatic carbocycles. The lowest BCUT2D eigenvalue weighted by Gasteiger charge is -2.26. The Hall–Kier alpha value is -1.55. The molecule has 1 amide bonds. The number of carbonyl (C=O) groups is 1. The van der Waals surface area contributed by atoms with Crippen molar-refractivity contribution in [3.05, 3.63) is 29.8 Å². The molecule has 1 saturated carbocycles. The monoisotopic (exact) mass is 248 g/mol. The molecular formula is C14H20N2O2.